The molecule has 3 N–H and O–H groups in total. The van der Waals surface area contributed by atoms with Crippen LogP contribution in [0.4, 0.5) is 10.1 Å². The van der Waals surface area contributed by atoms with Crippen LogP contribution < -0.4 is 10.5 Å². The molecule has 0 fully saturated rings. The van der Waals surface area contributed by atoms with E-state index in [-0.39, 0.29) is 23.6 Å². The molecule has 2 rings (SSSR count). The van der Waals surface area contributed by atoms with Gasteiger partial charge in [-0.1, -0.05) is 12.1 Å². The summed E-state index contributed by atoms with van der Waals surface area (Å²) in [5, 5.41) is 8.95. The smallest absolute Gasteiger partial charge is 0.340 e. The number of carbonyl (C=O) groups excluding carboxylic acids is 1. The van der Waals surface area contributed by atoms with E-state index in [9.17, 15) is 9.18 Å². The third-order valence-electron chi connectivity index (χ3n) is 2.84. The molecule has 0 aliphatic rings. The fourth-order valence-corrected chi connectivity index (χ4v) is 1.72. The molecule has 0 radical (unpaired) electrons. The van der Waals surface area contributed by atoms with Crippen LogP contribution in [-0.4, -0.2) is 18.2 Å². The minimum atomic E-state index is -0.689. The van der Waals surface area contributed by atoms with Gasteiger partial charge < -0.3 is 20.3 Å². The van der Waals surface area contributed by atoms with Gasteiger partial charge in [-0.15, -0.1) is 0 Å². The molecule has 6 heteroatoms. The quantitative estimate of drug-likeness (QED) is 0.668. The van der Waals surface area contributed by atoms with E-state index in [2.05, 4.69) is 4.74 Å². The van der Waals surface area contributed by atoms with Gasteiger partial charge in [-0.25, -0.2) is 9.18 Å². The first-order chi connectivity index (χ1) is 10.0. The summed E-state index contributed by atoms with van der Waals surface area (Å²) in [6.07, 6.45) is 0. The molecule has 110 valence electrons. The van der Waals surface area contributed by atoms with Crippen LogP contribution in [0.1, 0.15) is 15.9 Å². The van der Waals surface area contributed by atoms with Gasteiger partial charge in [-0.3, -0.25) is 0 Å². The zero-order valence-corrected chi connectivity index (χ0v) is 11.3. The number of carbonyl (C=O) groups is 1. The van der Waals surface area contributed by atoms with Crippen LogP contribution in [-0.2, 0) is 11.3 Å². The minimum absolute atomic E-state index is 0.0256. The highest BCUT2D eigenvalue weighted by Crippen LogP contribution is 2.29. The number of hydrogen-bond donors (Lipinski definition) is 2. The Morgan fingerprint density at radius 1 is 1.29 bits per heavy atom. The number of rotatable bonds is 4. The van der Waals surface area contributed by atoms with E-state index in [0.717, 1.165) is 6.07 Å². The van der Waals surface area contributed by atoms with Gasteiger partial charge in [-0.05, 0) is 17.7 Å². The Labute approximate surface area is 120 Å². The number of anilines is 1. The molecule has 0 atom stereocenters. The van der Waals surface area contributed by atoms with Crippen molar-refractivity contribution in [1.29, 1.82) is 0 Å². The van der Waals surface area contributed by atoms with Gasteiger partial charge in [0.1, 0.15) is 5.75 Å². The van der Waals surface area contributed by atoms with Crippen LogP contribution in [0.3, 0.4) is 0 Å². The molecule has 0 aliphatic carbocycles. The molecule has 0 unspecified atom stereocenters. The van der Waals surface area contributed by atoms with Crippen LogP contribution in [0.25, 0.3) is 0 Å². The maximum Gasteiger partial charge on any atom is 0.340 e. The number of esters is 1. The first kappa shape index (κ1) is 14.8. The lowest BCUT2D eigenvalue weighted by Crippen LogP contribution is -2.06. The monoisotopic (exact) mass is 291 g/mol. The third kappa shape index (κ3) is 3.29. The number of nitrogens with two attached hydrogens (primary N) is 1. The Balaban J connectivity index is 2.32. The number of nitrogen functional groups attached to an aromatic ring is 1. The first-order valence-corrected chi connectivity index (χ1v) is 6.10. The summed E-state index contributed by atoms with van der Waals surface area (Å²) in [5.74, 6) is -1.13. The van der Waals surface area contributed by atoms with Crippen molar-refractivity contribution in [2.75, 3.05) is 12.8 Å². The third-order valence-corrected chi connectivity index (χ3v) is 2.84. The second-order valence-corrected chi connectivity index (χ2v) is 4.27. The predicted molar refractivity (Wildman–Crippen MR) is 74.6 cm³/mol. The van der Waals surface area contributed by atoms with Crippen molar-refractivity contribution in [2.24, 2.45) is 0 Å². The highest BCUT2D eigenvalue weighted by Gasteiger charge is 2.16. The summed E-state index contributed by atoms with van der Waals surface area (Å²) in [7, 11) is 1.21. The SMILES string of the molecule is COC(=O)c1cc(Oc2ccc(CO)cc2)c(F)cc1N. The van der Waals surface area contributed by atoms with Gasteiger partial charge >= 0.3 is 5.97 Å². The molecule has 0 aliphatic heterocycles. The zero-order chi connectivity index (χ0) is 15.4. The Morgan fingerprint density at radius 3 is 2.52 bits per heavy atom. The second kappa shape index (κ2) is 6.23. The number of methoxy groups -OCH3 is 1. The lowest BCUT2D eigenvalue weighted by molar-refractivity contribution is 0.0601. The van der Waals surface area contributed by atoms with E-state index in [0.29, 0.717) is 11.3 Å². The molecular weight excluding hydrogens is 277 g/mol. The van der Waals surface area contributed by atoms with Gasteiger partial charge in [0, 0.05) is 17.8 Å². The predicted octanol–water partition coefficient (Wildman–Crippen LogP) is 2.48. The Hall–Kier alpha value is -2.60. The van der Waals surface area contributed by atoms with Crippen LogP contribution in [0.15, 0.2) is 36.4 Å². The van der Waals surface area contributed by atoms with Crippen molar-refractivity contribution in [2.45, 2.75) is 6.61 Å². The van der Waals surface area contributed by atoms with E-state index >= 15 is 0 Å². The highest BCUT2D eigenvalue weighted by atomic mass is 19.1. The van der Waals surface area contributed by atoms with E-state index in [4.69, 9.17) is 15.6 Å². The summed E-state index contributed by atoms with van der Waals surface area (Å²) >= 11 is 0. The van der Waals surface area contributed by atoms with Crippen molar-refractivity contribution >= 4 is 11.7 Å². The molecule has 0 saturated carbocycles. The van der Waals surface area contributed by atoms with E-state index in [1.807, 2.05) is 0 Å². The molecule has 0 spiro atoms. The number of ether oxygens (including phenoxy) is 2. The number of hydrogen-bond acceptors (Lipinski definition) is 5. The largest absolute Gasteiger partial charge is 0.465 e. The Morgan fingerprint density at radius 2 is 1.95 bits per heavy atom. The summed E-state index contributed by atoms with van der Waals surface area (Å²) < 4.78 is 23.8. The van der Waals surface area contributed by atoms with E-state index in [1.54, 1.807) is 24.3 Å². The molecule has 0 heterocycles. The lowest BCUT2D eigenvalue weighted by atomic mass is 10.1. The molecule has 2 aromatic rings. The maximum atomic E-state index is 13.8. The fraction of sp³-hybridized carbons (Fsp3) is 0.133. The topological polar surface area (TPSA) is 81.8 Å². The van der Waals surface area contributed by atoms with Crippen LogP contribution in [0.2, 0.25) is 0 Å². The Bertz CT molecular complexity index is 655. The Kier molecular flexibility index (Phi) is 4.39. The fourth-order valence-electron chi connectivity index (χ4n) is 1.72. The molecule has 21 heavy (non-hydrogen) atoms. The molecule has 5 nitrogen and oxygen atoms in total. The van der Waals surface area contributed by atoms with Gasteiger partial charge in [-0.2, -0.15) is 0 Å². The maximum absolute atomic E-state index is 13.8. The van der Waals surface area contributed by atoms with Crippen molar-refractivity contribution in [3.8, 4) is 11.5 Å². The van der Waals surface area contributed by atoms with Gasteiger partial charge in [0.05, 0.1) is 19.3 Å². The number of aliphatic hydroxyl groups excluding tert-OH is 1. The number of halogens is 1. The van der Waals surface area contributed by atoms with E-state index < -0.39 is 11.8 Å². The van der Waals surface area contributed by atoms with Crippen molar-refractivity contribution in [1.82, 2.24) is 0 Å². The summed E-state index contributed by atoms with van der Waals surface area (Å²) in [6.45, 7) is -0.0942. The number of aliphatic hydroxyl groups is 1. The molecule has 0 amide bonds. The average Bonchev–Trinajstić information content (AvgIpc) is 2.50. The van der Waals surface area contributed by atoms with Crippen LogP contribution >= 0.6 is 0 Å². The number of benzene rings is 2. The van der Waals surface area contributed by atoms with Crippen molar-refractivity contribution < 1.29 is 23.8 Å². The lowest BCUT2D eigenvalue weighted by Gasteiger charge is -2.10. The van der Waals surface area contributed by atoms with Gasteiger partial charge in [0.25, 0.3) is 0 Å². The second-order valence-electron chi connectivity index (χ2n) is 4.27. The molecule has 2 aromatic carbocycles. The van der Waals surface area contributed by atoms with Crippen molar-refractivity contribution in [3.63, 3.8) is 0 Å². The molecule has 0 saturated heterocycles. The standard InChI is InChI=1S/C15H14FNO4/c1-20-15(19)11-6-14(12(16)7-13(11)17)21-10-4-2-9(8-18)3-5-10/h2-7,18H,8,17H2,1H3. The summed E-state index contributed by atoms with van der Waals surface area (Å²) in [5.41, 5.74) is 6.28. The molecular formula is C15H14FNO4. The highest BCUT2D eigenvalue weighted by molar-refractivity contribution is 5.95. The summed E-state index contributed by atoms with van der Waals surface area (Å²) in [6, 6.07) is 8.65. The molecule has 0 aromatic heterocycles. The van der Waals surface area contributed by atoms with Crippen LogP contribution in [0, 0.1) is 5.82 Å². The first-order valence-electron chi connectivity index (χ1n) is 6.10. The molecule has 0 bridgehead atoms. The zero-order valence-electron chi connectivity index (χ0n) is 11.3. The summed E-state index contributed by atoms with van der Waals surface area (Å²) in [4.78, 5) is 11.5. The van der Waals surface area contributed by atoms with Crippen LogP contribution in [0.5, 0.6) is 11.5 Å². The minimum Gasteiger partial charge on any atom is -0.465 e. The van der Waals surface area contributed by atoms with Gasteiger partial charge in [0.15, 0.2) is 11.6 Å². The van der Waals surface area contributed by atoms with Crippen molar-refractivity contribution in [3.05, 3.63) is 53.3 Å². The normalized spacial score (nSPS) is 10.2. The van der Waals surface area contributed by atoms with Gasteiger partial charge in [0.2, 0.25) is 0 Å². The average molecular weight is 291 g/mol. The van der Waals surface area contributed by atoms with E-state index in [1.165, 1.54) is 13.2 Å².